The van der Waals surface area contributed by atoms with Crippen LogP contribution in [0, 0.1) is 5.92 Å². The second-order valence-corrected chi connectivity index (χ2v) is 8.27. The van der Waals surface area contributed by atoms with Crippen LogP contribution in [0.15, 0.2) is 15.9 Å². The molecule has 19 heavy (non-hydrogen) atoms. The van der Waals surface area contributed by atoms with Crippen LogP contribution in [0.1, 0.15) is 43.0 Å². The molecule has 106 valence electrons. The lowest BCUT2D eigenvalue weighted by atomic mass is 9.82. The molecule has 1 N–H and O–H groups in total. The van der Waals surface area contributed by atoms with Crippen molar-refractivity contribution in [2.75, 3.05) is 26.2 Å². The Morgan fingerprint density at radius 1 is 1.16 bits per heavy atom. The van der Waals surface area contributed by atoms with Gasteiger partial charge >= 0.3 is 0 Å². The summed E-state index contributed by atoms with van der Waals surface area (Å²) in [7, 11) is 0. The smallest absolute Gasteiger partial charge is 0.0701 e. The zero-order valence-corrected chi connectivity index (χ0v) is 13.8. The average Bonchev–Trinajstić information content (AvgIpc) is 2.88. The van der Waals surface area contributed by atoms with E-state index >= 15 is 0 Å². The molecule has 1 saturated carbocycles. The summed E-state index contributed by atoms with van der Waals surface area (Å²) < 4.78 is 1.28. The highest BCUT2D eigenvalue weighted by Gasteiger charge is 2.31. The van der Waals surface area contributed by atoms with E-state index in [2.05, 4.69) is 38.3 Å². The van der Waals surface area contributed by atoms with Gasteiger partial charge in [-0.2, -0.15) is 0 Å². The lowest BCUT2D eigenvalue weighted by Crippen LogP contribution is -2.47. The molecule has 0 spiro atoms. The van der Waals surface area contributed by atoms with Crippen LogP contribution in [0.4, 0.5) is 0 Å². The van der Waals surface area contributed by atoms with Gasteiger partial charge in [0.2, 0.25) is 0 Å². The molecule has 0 aromatic carbocycles. The molecule has 3 rings (SSSR count). The summed E-state index contributed by atoms with van der Waals surface area (Å²) in [6.45, 7) is 4.71. The van der Waals surface area contributed by atoms with Crippen molar-refractivity contribution in [1.82, 2.24) is 10.2 Å². The molecule has 0 bridgehead atoms. The summed E-state index contributed by atoms with van der Waals surface area (Å²) in [6.07, 6.45) is 7.15. The lowest BCUT2D eigenvalue weighted by Gasteiger charge is -2.40. The minimum absolute atomic E-state index is 0.665. The first-order chi connectivity index (χ1) is 9.34. The molecule has 2 aliphatic rings. The van der Waals surface area contributed by atoms with Gasteiger partial charge in [-0.05, 0) is 46.8 Å². The summed E-state index contributed by atoms with van der Waals surface area (Å²) in [5.74, 6) is 0.873. The topological polar surface area (TPSA) is 15.3 Å². The van der Waals surface area contributed by atoms with E-state index in [9.17, 15) is 0 Å². The predicted molar refractivity (Wildman–Crippen MR) is 85.8 cm³/mol. The quantitative estimate of drug-likeness (QED) is 0.891. The summed E-state index contributed by atoms with van der Waals surface area (Å²) in [5.41, 5.74) is 0. The normalized spacial score (nSPS) is 24.5. The molecule has 1 saturated heterocycles. The number of halogens is 1. The first-order valence-corrected chi connectivity index (χ1v) is 9.15. The molecule has 2 fully saturated rings. The highest BCUT2D eigenvalue weighted by molar-refractivity contribution is 9.11. The zero-order valence-electron chi connectivity index (χ0n) is 11.4. The Balaban J connectivity index is 1.81. The van der Waals surface area contributed by atoms with E-state index in [4.69, 9.17) is 0 Å². The third-order valence-corrected chi connectivity index (χ3v) is 6.22. The fraction of sp³-hybridized carbons (Fsp3) is 0.733. The Labute approximate surface area is 128 Å². The second-order valence-electron chi connectivity index (χ2n) is 5.77. The standard InChI is InChI=1S/C15H23BrN2S/c16-14-7-6-13(19-14)15(12-4-2-1-3-5-12)18-10-8-17-9-11-18/h6-7,12,15,17H,1-5,8-11H2/t15-/m0/s1. The van der Waals surface area contributed by atoms with E-state index in [0.717, 1.165) is 19.0 Å². The minimum Gasteiger partial charge on any atom is -0.314 e. The van der Waals surface area contributed by atoms with Crippen molar-refractivity contribution in [3.8, 4) is 0 Å². The van der Waals surface area contributed by atoms with Gasteiger partial charge in [-0.15, -0.1) is 11.3 Å². The Morgan fingerprint density at radius 3 is 2.53 bits per heavy atom. The molecule has 0 unspecified atom stereocenters. The van der Waals surface area contributed by atoms with Crippen LogP contribution in [-0.2, 0) is 0 Å². The van der Waals surface area contributed by atoms with Crippen molar-refractivity contribution in [2.24, 2.45) is 5.92 Å². The fourth-order valence-corrected chi connectivity index (χ4v) is 5.26. The number of thiophene rings is 1. The van der Waals surface area contributed by atoms with Crippen molar-refractivity contribution < 1.29 is 0 Å². The van der Waals surface area contributed by atoms with Crippen molar-refractivity contribution in [2.45, 2.75) is 38.1 Å². The molecular formula is C15H23BrN2S. The Bertz CT molecular complexity index is 377. The van der Waals surface area contributed by atoms with Gasteiger partial charge in [-0.25, -0.2) is 0 Å². The van der Waals surface area contributed by atoms with E-state index in [1.165, 1.54) is 49.0 Å². The summed E-state index contributed by atoms with van der Waals surface area (Å²) in [5, 5.41) is 3.48. The van der Waals surface area contributed by atoms with E-state index < -0.39 is 0 Å². The molecule has 0 radical (unpaired) electrons. The van der Waals surface area contributed by atoms with Crippen molar-refractivity contribution in [1.29, 1.82) is 0 Å². The van der Waals surface area contributed by atoms with Crippen molar-refractivity contribution in [3.05, 3.63) is 20.8 Å². The van der Waals surface area contributed by atoms with Gasteiger partial charge in [0.25, 0.3) is 0 Å². The van der Waals surface area contributed by atoms with Crippen LogP contribution < -0.4 is 5.32 Å². The van der Waals surface area contributed by atoms with Crippen LogP contribution in [0.25, 0.3) is 0 Å². The SMILES string of the molecule is Brc1ccc([C@H](C2CCCCC2)N2CCNCC2)s1. The zero-order chi connectivity index (χ0) is 13.1. The summed E-state index contributed by atoms with van der Waals surface area (Å²) in [4.78, 5) is 4.30. The number of rotatable bonds is 3. The monoisotopic (exact) mass is 342 g/mol. The third kappa shape index (κ3) is 3.41. The van der Waals surface area contributed by atoms with Gasteiger partial charge in [0.05, 0.1) is 3.79 Å². The second kappa shape index (κ2) is 6.70. The van der Waals surface area contributed by atoms with E-state index in [-0.39, 0.29) is 0 Å². The van der Waals surface area contributed by atoms with E-state index in [0.29, 0.717) is 6.04 Å². The van der Waals surface area contributed by atoms with E-state index in [1.807, 2.05) is 11.3 Å². The Morgan fingerprint density at radius 2 is 1.89 bits per heavy atom. The Hall–Kier alpha value is 0.1000. The number of nitrogens with one attached hydrogen (secondary N) is 1. The molecule has 1 aliphatic heterocycles. The maximum atomic E-state index is 3.64. The largest absolute Gasteiger partial charge is 0.314 e. The average molecular weight is 343 g/mol. The van der Waals surface area contributed by atoms with Crippen LogP contribution in [0.2, 0.25) is 0 Å². The van der Waals surface area contributed by atoms with Crippen molar-refractivity contribution >= 4 is 27.3 Å². The maximum Gasteiger partial charge on any atom is 0.0701 e. The lowest BCUT2D eigenvalue weighted by molar-refractivity contribution is 0.106. The molecule has 1 atom stereocenters. The summed E-state index contributed by atoms with van der Waals surface area (Å²) >= 11 is 5.57. The maximum absolute atomic E-state index is 3.64. The molecule has 1 aromatic rings. The molecule has 0 amide bonds. The van der Waals surface area contributed by atoms with Gasteiger partial charge < -0.3 is 5.32 Å². The summed E-state index contributed by atoms with van der Waals surface area (Å²) in [6, 6.07) is 5.23. The molecule has 1 aromatic heterocycles. The molecular weight excluding hydrogens is 320 g/mol. The number of piperazine rings is 1. The van der Waals surface area contributed by atoms with Gasteiger partial charge in [-0.1, -0.05) is 19.3 Å². The van der Waals surface area contributed by atoms with E-state index in [1.54, 1.807) is 4.88 Å². The van der Waals surface area contributed by atoms with Crippen molar-refractivity contribution in [3.63, 3.8) is 0 Å². The van der Waals surface area contributed by atoms with Gasteiger partial charge in [0, 0.05) is 37.1 Å². The fourth-order valence-electron chi connectivity index (χ4n) is 3.61. The van der Waals surface area contributed by atoms with Gasteiger partial charge in [-0.3, -0.25) is 4.90 Å². The van der Waals surface area contributed by atoms with Crippen LogP contribution in [0.3, 0.4) is 0 Å². The van der Waals surface area contributed by atoms with Crippen LogP contribution in [0.5, 0.6) is 0 Å². The first-order valence-electron chi connectivity index (χ1n) is 7.54. The number of nitrogens with zero attached hydrogens (tertiary/aromatic N) is 1. The third-order valence-electron chi connectivity index (χ3n) is 4.53. The van der Waals surface area contributed by atoms with Crippen LogP contribution in [-0.4, -0.2) is 31.1 Å². The number of hydrogen-bond acceptors (Lipinski definition) is 3. The molecule has 2 heterocycles. The van der Waals surface area contributed by atoms with Crippen LogP contribution >= 0.6 is 27.3 Å². The highest BCUT2D eigenvalue weighted by Crippen LogP contribution is 2.41. The molecule has 2 nitrogen and oxygen atoms in total. The molecule has 1 aliphatic carbocycles. The highest BCUT2D eigenvalue weighted by atomic mass is 79.9. The first kappa shape index (κ1) is 14.1. The number of hydrogen-bond donors (Lipinski definition) is 1. The van der Waals surface area contributed by atoms with Gasteiger partial charge in [0.1, 0.15) is 0 Å². The minimum atomic E-state index is 0.665. The predicted octanol–water partition coefficient (Wildman–Crippen LogP) is 4.04. The molecule has 4 heteroatoms. The Kier molecular flexibility index (Phi) is 4.96. The van der Waals surface area contributed by atoms with Gasteiger partial charge in [0.15, 0.2) is 0 Å².